The highest BCUT2D eigenvalue weighted by molar-refractivity contribution is 5.95. The maximum absolute atomic E-state index is 12.1. The minimum atomic E-state index is -0.491. The lowest BCUT2D eigenvalue weighted by Crippen LogP contribution is -2.40. The fourth-order valence-electron chi connectivity index (χ4n) is 2.74. The Kier molecular flexibility index (Phi) is 4.13. The number of aromatic nitrogens is 1. The monoisotopic (exact) mass is 300 g/mol. The molecule has 1 aliphatic heterocycles. The van der Waals surface area contributed by atoms with Crippen LogP contribution in [0.25, 0.3) is 10.9 Å². The van der Waals surface area contributed by atoms with Gasteiger partial charge in [-0.1, -0.05) is 25.1 Å². The van der Waals surface area contributed by atoms with E-state index in [4.69, 9.17) is 4.74 Å². The maximum atomic E-state index is 12.1. The quantitative estimate of drug-likeness (QED) is 0.886. The van der Waals surface area contributed by atoms with E-state index in [1.54, 1.807) is 11.0 Å². The Morgan fingerprint density at radius 3 is 2.73 bits per heavy atom. The summed E-state index contributed by atoms with van der Waals surface area (Å²) in [4.78, 5) is 28.9. The highest BCUT2D eigenvalue weighted by Gasteiger charge is 2.21. The van der Waals surface area contributed by atoms with Gasteiger partial charge >= 0.3 is 5.97 Å². The van der Waals surface area contributed by atoms with E-state index in [2.05, 4.69) is 11.9 Å². The smallest absolute Gasteiger partial charge is 0.355 e. The first-order valence-corrected chi connectivity index (χ1v) is 7.66. The number of hydrogen-bond acceptors (Lipinski definition) is 3. The third-order valence-corrected chi connectivity index (χ3v) is 4.21. The number of esters is 1. The number of benzene rings is 1. The van der Waals surface area contributed by atoms with E-state index in [1.165, 1.54) is 0 Å². The summed E-state index contributed by atoms with van der Waals surface area (Å²) in [6, 6.07) is 9.36. The molecule has 0 bridgehead atoms. The minimum Gasteiger partial charge on any atom is -0.451 e. The van der Waals surface area contributed by atoms with Crippen molar-refractivity contribution in [3.63, 3.8) is 0 Å². The third kappa shape index (κ3) is 3.13. The van der Waals surface area contributed by atoms with Gasteiger partial charge in [-0.3, -0.25) is 4.79 Å². The molecule has 0 saturated carbocycles. The number of fused-ring (bicyclic) bond motifs is 1. The molecule has 1 amide bonds. The lowest BCUT2D eigenvalue weighted by molar-refractivity contribution is -0.135. The fraction of sp³-hybridized carbons (Fsp3) is 0.412. The molecule has 116 valence electrons. The molecular formula is C17H20N2O3. The second-order valence-corrected chi connectivity index (χ2v) is 5.91. The Morgan fingerprint density at radius 1 is 1.27 bits per heavy atom. The molecule has 1 aromatic carbocycles. The van der Waals surface area contributed by atoms with Crippen LogP contribution in [0.2, 0.25) is 0 Å². The summed E-state index contributed by atoms with van der Waals surface area (Å²) in [6.45, 7) is 3.51. The first-order valence-electron chi connectivity index (χ1n) is 7.66. The molecule has 22 heavy (non-hydrogen) atoms. The van der Waals surface area contributed by atoms with Crippen LogP contribution < -0.4 is 0 Å². The van der Waals surface area contributed by atoms with E-state index in [9.17, 15) is 9.59 Å². The number of H-pyrrole nitrogens is 1. The van der Waals surface area contributed by atoms with Crippen LogP contribution >= 0.6 is 0 Å². The summed E-state index contributed by atoms with van der Waals surface area (Å²) in [7, 11) is 0. The van der Waals surface area contributed by atoms with E-state index < -0.39 is 5.97 Å². The van der Waals surface area contributed by atoms with Crippen LogP contribution in [0.4, 0.5) is 0 Å². The van der Waals surface area contributed by atoms with Gasteiger partial charge in [-0.2, -0.15) is 0 Å². The number of aromatic amines is 1. The Labute approximate surface area is 129 Å². The third-order valence-electron chi connectivity index (χ3n) is 4.21. The van der Waals surface area contributed by atoms with Gasteiger partial charge in [0, 0.05) is 24.0 Å². The predicted molar refractivity (Wildman–Crippen MR) is 83.6 cm³/mol. The molecule has 1 N–H and O–H groups in total. The van der Waals surface area contributed by atoms with Gasteiger partial charge in [0.15, 0.2) is 6.61 Å². The highest BCUT2D eigenvalue weighted by atomic mass is 16.5. The van der Waals surface area contributed by atoms with E-state index in [0.29, 0.717) is 11.6 Å². The number of carbonyl (C=O) groups excluding carboxylic acids is 2. The molecule has 5 nitrogen and oxygen atoms in total. The molecule has 0 atom stereocenters. The van der Waals surface area contributed by atoms with Crippen LogP contribution in [0, 0.1) is 5.92 Å². The zero-order valence-corrected chi connectivity index (χ0v) is 12.7. The summed E-state index contributed by atoms with van der Waals surface area (Å²) in [5, 5.41) is 0.950. The molecule has 0 spiro atoms. The molecule has 1 aliphatic rings. The number of amides is 1. The van der Waals surface area contributed by atoms with Crippen LogP contribution in [0.5, 0.6) is 0 Å². The Balaban J connectivity index is 1.56. The van der Waals surface area contributed by atoms with Crippen LogP contribution in [0.15, 0.2) is 30.3 Å². The van der Waals surface area contributed by atoms with Crippen molar-refractivity contribution >= 4 is 22.8 Å². The first-order chi connectivity index (χ1) is 10.6. The number of piperidine rings is 1. The zero-order valence-electron chi connectivity index (χ0n) is 12.7. The summed E-state index contributed by atoms with van der Waals surface area (Å²) in [5.74, 6) is 0.0595. The molecular weight excluding hydrogens is 280 g/mol. The van der Waals surface area contributed by atoms with Crippen molar-refractivity contribution in [1.29, 1.82) is 0 Å². The molecule has 1 fully saturated rings. The van der Waals surface area contributed by atoms with Gasteiger partial charge in [0.05, 0.1) is 0 Å². The summed E-state index contributed by atoms with van der Waals surface area (Å²) < 4.78 is 5.14. The standard InChI is InChI=1S/C17H20N2O3/c1-12-6-8-19(9-7-12)16(20)11-22-17(21)15-10-13-4-2-3-5-14(13)18-15/h2-5,10,12,18H,6-9,11H2,1H3. The predicted octanol–water partition coefficient (Wildman–Crippen LogP) is 2.58. The molecule has 0 radical (unpaired) electrons. The van der Waals surface area contributed by atoms with Crippen molar-refractivity contribution in [2.75, 3.05) is 19.7 Å². The highest BCUT2D eigenvalue weighted by Crippen LogP contribution is 2.17. The first kappa shape index (κ1) is 14.6. The van der Waals surface area contributed by atoms with E-state index in [-0.39, 0.29) is 12.5 Å². The number of ether oxygens (including phenoxy) is 1. The molecule has 3 rings (SSSR count). The van der Waals surface area contributed by atoms with Gasteiger partial charge < -0.3 is 14.6 Å². The van der Waals surface area contributed by atoms with Crippen molar-refractivity contribution < 1.29 is 14.3 Å². The van der Waals surface area contributed by atoms with Crippen molar-refractivity contribution in [1.82, 2.24) is 9.88 Å². The molecule has 1 saturated heterocycles. The van der Waals surface area contributed by atoms with Gasteiger partial charge in [-0.25, -0.2) is 4.79 Å². The SMILES string of the molecule is CC1CCN(C(=O)COC(=O)c2cc3ccccc3[nH]2)CC1. The summed E-state index contributed by atoms with van der Waals surface area (Å²) >= 11 is 0. The average molecular weight is 300 g/mol. The second kappa shape index (κ2) is 6.22. The van der Waals surface area contributed by atoms with Crippen molar-refractivity contribution in [3.05, 3.63) is 36.0 Å². The number of carbonyl (C=O) groups is 2. The van der Waals surface area contributed by atoms with Gasteiger partial charge in [-0.15, -0.1) is 0 Å². The van der Waals surface area contributed by atoms with E-state index in [1.807, 2.05) is 24.3 Å². The Morgan fingerprint density at radius 2 is 2.00 bits per heavy atom. The van der Waals surface area contributed by atoms with E-state index >= 15 is 0 Å². The Hall–Kier alpha value is -2.30. The molecule has 5 heteroatoms. The van der Waals surface area contributed by atoms with E-state index in [0.717, 1.165) is 36.8 Å². The second-order valence-electron chi connectivity index (χ2n) is 5.91. The van der Waals surface area contributed by atoms with Crippen molar-refractivity contribution in [2.45, 2.75) is 19.8 Å². The number of rotatable bonds is 3. The fourth-order valence-corrected chi connectivity index (χ4v) is 2.74. The van der Waals surface area contributed by atoms with Crippen LogP contribution in [0.3, 0.4) is 0 Å². The largest absolute Gasteiger partial charge is 0.451 e. The summed E-state index contributed by atoms with van der Waals surface area (Å²) in [6.07, 6.45) is 2.03. The lowest BCUT2D eigenvalue weighted by Gasteiger charge is -2.30. The van der Waals surface area contributed by atoms with Gasteiger partial charge in [0.2, 0.25) is 0 Å². The number of likely N-dealkylation sites (tertiary alicyclic amines) is 1. The van der Waals surface area contributed by atoms with Gasteiger partial charge in [0.25, 0.3) is 5.91 Å². The molecule has 2 aromatic rings. The topological polar surface area (TPSA) is 62.4 Å². The van der Waals surface area contributed by atoms with Crippen molar-refractivity contribution in [2.24, 2.45) is 5.92 Å². The Bertz CT molecular complexity index is 651. The van der Waals surface area contributed by atoms with Crippen LogP contribution in [-0.4, -0.2) is 41.5 Å². The number of para-hydroxylation sites is 1. The summed E-state index contributed by atoms with van der Waals surface area (Å²) in [5.41, 5.74) is 1.26. The maximum Gasteiger partial charge on any atom is 0.355 e. The normalized spacial score (nSPS) is 16.0. The molecule has 0 aliphatic carbocycles. The average Bonchev–Trinajstić information content (AvgIpc) is 2.97. The zero-order chi connectivity index (χ0) is 15.5. The van der Waals surface area contributed by atoms with Crippen molar-refractivity contribution in [3.8, 4) is 0 Å². The lowest BCUT2D eigenvalue weighted by atomic mass is 9.99. The van der Waals surface area contributed by atoms with Gasteiger partial charge in [0.1, 0.15) is 5.69 Å². The molecule has 0 unspecified atom stereocenters. The van der Waals surface area contributed by atoms with Gasteiger partial charge in [-0.05, 0) is 30.9 Å². The number of nitrogens with one attached hydrogen (secondary N) is 1. The molecule has 1 aromatic heterocycles. The molecule has 2 heterocycles. The van der Waals surface area contributed by atoms with Crippen LogP contribution in [0.1, 0.15) is 30.3 Å². The minimum absolute atomic E-state index is 0.114. The van der Waals surface area contributed by atoms with Crippen LogP contribution in [-0.2, 0) is 9.53 Å². The number of nitrogens with zero attached hydrogens (tertiary/aromatic N) is 1. The number of hydrogen-bond donors (Lipinski definition) is 1.